The second-order valence-corrected chi connectivity index (χ2v) is 10.0. The lowest BCUT2D eigenvalue weighted by Gasteiger charge is -2.16. The lowest BCUT2D eigenvalue weighted by Crippen LogP contribution is -2.45. The maximum Gasteiger partial charge on any atom is 0.333 e. The number of rotatable bonds is 8. The molecule has 0 aliphatic heterocycles. The van der Waals surface area contributed by atoms with Crippen molar-refractivity contribution >= 4 is 40.2 Å². The van der Waals surface area contributed by atoms with E-state index in [4.69, 9.17) is 10.7 Å². The van der Waals surface area contributed by atoms with Crippen LogP contribution in [0.25, 0.3) is 10.9 Å². The average molecular weight is 533 g/mol. The number of methoxy groups -OCH3 is 1. The summed E-state index contributed by atoms with van der Waals surface area (Å²) in [5, 5.41) is 1.67. The molecule has 0 spiro atoms. The van der Waals surface area contributed by atoms with E-state index in [0.717, 1.165) is 44.8 Å². The summed E-state index contributed by atoms with van der Waals surface area (Å²) < 4.78 is 6.46. The zero-order chi connectivity index (χ0) is 27.6. The smallest absolute Gasteiger partial charge is 0.333 e. The lowest BCUT2D eigenvalue weighted by molar-refractivity contribution is -0.141. The summed E-state index contributed by atoms with van der Waals surface area (Å²) in [5.74, 6) is -1.75. The Labute approximate surface area is 223 Å². The molecule has 0 aliphatic carbocycles. The van der Waals surface area contributed by atoms with Crippen LogP contribution in [-0.2, 0) is 22.6 Å². The van der Waals surface area contributed by atoms with Crippen LogP contribution in [0.2, 0.25) is 0 Å². The van der Waals surface area contributed by atoms with Crippen molar-refractivity contribution in [3.05, 3.63) is 97.2 Å². The van der Waals surface area contributed by atoms with Crippen molar-refractivity contribution in [1.82, 2.24) is 14.1 Å². The van der Waals surface area contributed by atoms with Crippen molar-refractivity contribution in [3.8, 4) is 0 Å². The van der Waals surface area contributed by atoms with E-state index in [1.807, 2.05) is 32.9 Å². The van der Waals surface area contributed by atoms with Gasteiger partial charge in [-0.3, -0.25) is 19.0 Å². The monoisotopic (exact) mass is 532 g/mol. The van der Waals surface area contributed by atoms with Gasteiger partial charge < -0.3 is 10.5 Å². The molecule has 0 atom stereocenters. The zero-order valence-corrected chi connectivity index (χ0v) is 22.4. The molecule has 0 amide bonds. The number of ether oxygens (including phenoxy) is 1. The van der Waals surface area contributed by atoms with Gasteiger partial charge in [-0.1, -0.05) is 53.7 Å². The summed E-state index contributed by atoms with van der Waals surface area (Å²) >= 11 is 1.18. The van der Waals surface area contributed by atoms with Crippen LogP contribution in [0.15, 0.2) is 63.1 Å². The third kappa shape index (κ3) is 5.40. The molecule has 4 aromatic rings. The molecule has 0 aliphatic rings. The van der Waals surface area contributed by atoms with Gasteiger partial charge in [0.2, 0.25) is 0 Å². The number of pyridine rings is 1. The minimum absolute atomic E-state index is 0.0184. The first-order chi connectivity index (χ1) is 18.1. The van der Waals surface area contributed by atoms with Crippen LogP contribution in [0, 0.1) is 20.8 Å². The fraction of sp³-hybridized carbons (Fsp3) is 0.250. The minimum atomic E-state index is -0.929. The average Bonchev–Trinajstić information content (AvgIpc) is 2.89. The van der Waals surface area contributed by atoms with E-state index >= 15 is 0 Å². The largest absolute Gasteiger partial charge is 0.468 e. The Morgan fingerprint density at radius 1 is 1.00 bits per heavy atom. The Morgan fingerprint density at radius 3 is 2.39 bits per heavy atom. The van der Waals surface area contributed by atoms with Crippen molar-refractivity contribution < 1.29 is 14.3 Å². The van der Waals surface area contributed by atoms with Crippen LogP contribution in [0.4, 0.5) is 5.82 Å². The molecule has 2 N–H and O–H groups in total. The number of nitrogen functional groups attached to an aromatic ring is 1. The number of Topliss-reactive ketones (excluding diaryl/α,β-unsaturated/α-hetero) is 1. The highest BCUT2D eigenvalue weighted by atomic mass is 32.2. The highest BCUT2D eigenvalue weighted by molar-refractivity contribution is 7.99. The van der Waals surface area contributed by atoms with Gasteiger partial charge in [-0.25, -0.2) is 14.3 Å². The molecular weight excluding hydrogens is 504 g/mol. The van der Waals surface area contributed by atoms with E-state index in [2.05, 4.69) is 16.9 Å². The molecule has 0 radical (unpaired) electrons. The highest BCUT2D eigenvalue weighted by Crippen LogP contribution is 2.27. The molecule has 196 valence electrons. The van der Waals surface area contributed by atoms with Gasteiger partial charge in [0.05, 0.1) is 30.0 Å². The van der Waals surface area contributed by atoms with Crippen LogP contribution in [-0.4, -0.2) is 38.7 Å². The summed E-state index contributed by atoms with van der Waals surface area (Å²) in [7, 11) is 1.15. The van der Waals surface area contributed by atoms with E-state index in [1.165, 1.54) is 11.8 Å². The molecule has 2 aromatic carbocycles. The number of aryl methyl sites for hydroxylation is 3. The summed E-state index contributed by atoms with van der Waals surface area (Å²) in [4.78, 5) is 56.4. The predicted octanol–water partition coefficient (Wildman–Crippen LogP) is 3.26. The quantitative estimate of drug-likeness (QED) is 0.208. The normalized spacial score (nSPS) is 11.1. The first-order valence-electron chi connectivity index (χ1n) is 11.9. The third-order valence-corrected chi connectivity index (χ3v) is 7.14. The maximum absolute atomic E-state index is 13.4. The van der Waals surface area contributed by atoms with Crippen molar-refractivity contribution in [2.75, 3.05) is 18.6 Å². The van der Waals surface area contributed by atoms with E-state index < -0.39 is 29.5 Å². The molecule has 4 rings (SSSR count). The number of nitrogens with two attached hydrogens (primary N) is 1. The van der Waals surface area contributed by atoms with Crippen molar-refractivity contribution in [2.24, 2.45) is 0 Å². The standard InChI is InChI=1S/C28H28N4O5S/c1-16-10-18(3)25-20(11-16)17(2)12-22(30-25)38-15-21(33)24-26(29)31(13-19-8-6-5-7-9-19)28(36)32(27(24)35)14-23(34)37-4/h5-12H,13-15,29H2,1-4H3. The number of aromatic nitrogens is 3. The number of anilines is 1. The SMILES string of the molecule is COC(=O)Cn1c(=O)c(C(=O)CSc2cc(C)c3cc(C)cc(C)c3n2)c(N)n(Cc2ccccc2)c1=O. The van der Waals surface area contributed by atoms with E-state index in [-0.39, 0.29) is 23.7 Å². The number of fused-ring (bicyclic) bond motifs is 1. The molecule has 9 nitrogen and oxygen atoms in total. The number of hydrogen-bond donors (Lipinski definition) is 1. The number of carbonyl (C=O) groups excluding carboxylic acids is 2. The van der Waals surface area contributed by atoms with Gasteiger partial charge in [0.15, 0.2) is 5.78 Å². The van der Waals surface area contributed by atoms with Crippen LogP contribution >= 0.6 is 11.8 Å². The predicted molar refractivity (Wildman–Crippen MR) is 148 cm³/mol. The third-order valence-electron chi connectivity index (χ3n) is 6.23. The van der Waals surface area contributed by atoms with Crippen LogP contribution < -0.4 is 17.0 Å². The first-order valence-corrected chi connectivity index (χ1v) is 12.9. The van der Waals surface area contributed by atoms with Gasteiger partial charge in [-0.05, 0) is 49.6 Å². The second kappa shape index (κ2) is 11.1. The first kappa shape index (κ1) is 26.9. The molecule has 38 heavy (non-hydrogen) atoms. The van der Waals surface area contributed by atoms with Crippen molar-refractivity contribution in [1.29, 1.82) is 0 Å². The number of thioether (sulfide) groups is 1. The molecule has 0 saturated heterocycles. The van der Waals surface area contributed by atoms with Crippen LogP contribution in [0.5, 0.6) is 0 Å². The Hall–Kier alpha value is -4.18. The van der Waals surface area contributed by atoms with Gasteiger partial charge in [0, 0.05) is 5.39 Å². The number of carbonyl (C=O) groups is 2. The molecule has 0 unspecified atom stereocenters. The van der Waals surface area contributed by atoms with Crippen molar-refractivity contribution in [3.63, 3.8) is 0 Å². The maximum atomic E-state index is 13.4. The molecule has 0 saturated carbocycles. The van der Waals surface area contributed by atoms with E-state index in [0.29, 0.717) is 9.59 Å². The topological polar surface area (TPSA) is 126 Å². The highest BCUT2D eigenvalue weighted by Gasteiger charge is 2.24. The summed E-state index contributed by atoms with van der Waals surface area (Å²) in [6, 6.07) is 15.0. The van der Waals surface area contributed by atoms with Gasteiger partial charge in [-0.2, -0.15) is 0 Å². The number of esters is 1. The second-order valence-electron chi connectivity index (χ2n) is 9.05. The Balaban J connectivity index is 1.73. The molecule has 0 bridgehead atoms. The van der Waals surface area contributed by atoms with Gasteiger partial charge >= 0.3 is 11.7 Å². The molecule has 2 heterocycles. The summed E-state index contributed by atoms with van der Waals surface area (Å²) in [6.45, 7) is 5.38. The van der Waals surface area contributed by atoms with E-state index in [1.54, 1.807) is 24.3 Å². The summed E-state index contributed by atoms with van der Waals surface area (Å²) in [6.07, 6.45) is 0. The molecule has 10 heteroatoms. The van der Waals surface area contributed by atoms with Gasteiger partial charge in [-0.15, -0.1) is 0 Å². The lowest BCUT2D eigenvalue weighted by atomic mass is 10.0. The van der Waals surface area contributed by atoms with Crippen molar-refractivity contribution in [2.45, 2.75) is 38.9 Å². The van der Waals surface area contributed by atoms with Gasteiger partial charge in [0.1, 0.15) is 17.9 Å². The zero-order valence-electron chi connectivity index (χ0n) is 21.6. The fourth-order valence-electron chi connectivity index (χ4n) is 4.33. The fourth-order valence-corrected chi connectivity index (χ4v) is 5.17. The number of ketones is 1. The molecule has 2 aromatic heterocycles. The Morgan fingerprint density at radius 2 is 1.71 bits per heavy atom. The number of hydrogen-bond acceptors (Lipinski definition) is 8. The van der Waals surface area contributed by atoms with Crippen LogP contribution in [0.3, 0.4) is 0 Å². The van der Waals surface area contributed by atoms with Crippen LogP contribution in [0.1, 0.15) is 32.6 Å². The molecular formula is C28H28N4O5S. The number of benzene rings is 2. The Bertz CT molecular complexity index is 1680. The Kier molecular flexibility index (Phi) is 7.82. The minimum Gasteiger partial charge on any atom is -0.468 e. The summed E-state index contributed by atoms with van der Waals surface area (Å²) in [5.41, 5.74) is 8.95. The number of nitrogens with zero attached hydrogens (tertiary/aromatic N) is 3. The molecule has 0 fully saturated rings. The van der Waals surface area contributed by atoms with Gasteiger partial charge in [0.25, 0.3) is 5.56 Å². The van der Waals surface area contributed by atoms with E-state index in [9.17, 15) is 19.2 Å².